The molecule has 2 bridgehead atoms. The van der Waals surface area contributed by atoms with E-state index in [9.17, 15) is 5.11 Å². The maximum Gasteiger partial charge on any atom is 0.163 e. The van der Waals surface area contributed by atoms with E-state index < -0.39 is 5.79 Å². The second kappa shape index (κ2) is 1.83. The molecular formula is C10H13BrO3. The van der Waals surface area contributed by atoms with Crippen molar-refractivity contribution in [2.45, 2.75) is 36.2 Å². The van der Waals surface area contributed by atoms with E-state index in [4.69, 9.17) is 9.47 Å². The fraction of sp³-hybridized carbons (Fsp3) is 1.00. The van der Waals surface area contributed by atoms with Crippen molar-refractivity contribution in [3.63, 3.8) is 0 Å². The van der Waals surface area contributed by atoms with Gasteiger partial charge in [-0.05, 0) is 13.8 Å². The number of rotatable bonds is 1. The van der Waals surface area contributed by atoms with Crippen LogP contribution in [0.15, 0.2) is 0 Å². The van der Waals surface area contributed by atoms with Crippen LogP contribution in [0.4, 0.5) is 0 Å². The summed E-state index contributed by atoms with van der Waals surface area (Å²) in [5.74, 6) is 0.542. The minimum atomic E-state index is -0.424. The summed E-state index contributed by atoms with van der Waals surface area (Å²) in [7, 11) is 0. The highest BCUT2D eigenvalue weighted by atomic mass is 79.9. The zero-order valence-electron chi connectivity index (χ0n) is 8.16. The molecule has 5 fully saturated rings. The molecule has 1 N–H and O–H groups in total. The monoisotopic (exact) mass is 260 g/mol. The summed E-state index contributed by atoms with van der Waals surface area (Å²) >= 11 is 3.74. The van der Waals surface area contributed by atoms with Crippen molar-refractivity contribution < 1.29 is 14.6 Å². The van der Waals surface area contributed by atoms with Crippen molar-refractivity contribution in [3.05, 3.63) is 0 Å². The van der Waals surface area contributed by atoms with E-state index in [1.54, 1.807) is 0 Å². The number of ether oxygens (including phenoxy) is 2. The van der Waals surface area contributed by atoms with E-state index in [0.29, 0.717) is 11.8 Å². The summed E-state index contributed by atoms with van der Waals surface area (Å²) in [6, 6.07) is 0. The molecule has 5 rings (SSSR count). The SMILES string of the molecule is CC1(C)OC2C(O1)C1C3(Br)C2C13CO. The van der Waals surface area contributed by atoms with Gasteiger partial charge in [0.05, 0.1) is 18.8 Å². The molecule has 78 valence electrons. The van der Waals surface area contributed by atoms with E-state index >= 15 is 0 Å². The molecule has 3 nitrogen and oxygen atoms in total. The molecule has 14 heavy (non-hydrogen) atoms. The smallest absolute Gasteiger partial charge is 0.163 e. The van der Waals surface area contributed by atoms with Gasteiger partial charge in [0.1, 0.15) is 0 Å². The van der Waals surface area contributed by atoms with Gasteiger partial charge in [-0.1, -0.05) is 15.9 Å². The Bertz CT molecular complexity index is 318. The van der Waals surface area contributed by atoms with Crippen LogP contribution >= 0.6 is 15.9 Å². The van der Waals surface area contributed by atoms with Crippen molar-refractivity contribution >= 4 is 15.9 Å². The third-order valence-corrected chi connectivity index (χ3v) is 6.37. The van der Waals surface area contributed by atoms with E-state index in [0.717, 1.165) is 0 Å². The molecule has 0 amide bonds. The molecule has 0 aromatic rings. The molecule has 1 aliphatic heterocycles. The lowest BCUT2D eigenvalue weighted by Crippen LogP contribution is -2.26. The first-order valence-corrected chi connectivity index (χ1v) is 5.94. The summed E-state index contributed by atoms with van der Waals surface area (Å²) in [6.07, 6.45) is 0.419. The first-order valence-electron chi connectivity index (χ1n) is 5.14. The predicted molar refractivity (Wildman–Crippen MR) is 52.0 cm³/mol. The van der Waals surface area contributed by atoms with Crippen molar-refractivity contribution in [1.29, 1.82) is 0 Å². The lowest BCUT2D eigenvalue weighted by Gasteiger charge is -2.21. The summed E-state index contributed by atoms with van der Waals surface area (Å²) in [5, 5.41) is 9.40. The third-order valence-electron chi connectivity index (χ3n) is 4.64. The normalized spacial score (nSPS) is 70.3. The van der Waals surface area contributed by atoms with Gasteiger partial charge in [-0.25, -0.2) is 0 Å². The Balaban J connectivity index is 1.70. The largest absolute Gasteiger partial charge is 0.396 e. The Morgan fingerprint density at radius 2 is 1.71 bits per heavy atom. The predicted octanol–water partition coefficient (Wildman–Crippen LogP) is 0.892. The maximum absolute atomic E-state index is 9.40. The van der Waals surface area contributed by atoms with Gasteiger partial charge in [0.2, 0.25) is 0 Å². The first-order chi connectivity index (χ1) is 6.49. The molecule has 4 saturated carbocycles. The fourth-order valence-electron chi connectivity index (χ4n) is 4.15. The minimum absolute atomic E-state index is 0.110. The number of hydrogen-bond acceptors (Lipinski definition) is 3. The van der Waals surface area contributed by atoms with Crippen LogP contribution < -0.4 is 0 Å². The van der Waals surface area contributed by atoms with Gasteiger partial charge in [-0.15, -0.1) is 0 Å². The van der Waals surface area contributed by atoms with Gasteiger partial charge in [0.25, 0.3) is 0 Å². The van der Waals surface area contributed by atoms with Crippen LogP contribution in [0.5, 0.6) is 0 Å². The molecule has 4 atom stereocenters. The molecule has 1 saturated heterocycles. The van der Waals surface area contributed by atoms with E-state index in [1.807, 2.05) is 13.8 Å². The molecule has 5 aliphatic rings. The summed E-state index contributed by atoms with van der Waals surface area (Å²) < 4.78 is 11.9. The number of halogens is 1. The topological polar surface area (TPSA) is 38.7 Å². The van der Waals surface area contributed by atoms with Gasteiger partial charge in [0, 0.05) is 21.6 Å². The van der Waals surface area contributed by atoms with Crippen LogP contribution in [-0.4, -0.2) is 34.0 Å². The molecule has 4 unspecified atom stereocenters. The Morgan fingerprint density at radius 1 is 1.21 bits per heavy atom. The quantitative estimate of drug-likeness (QED) is 0.712. The Morgan fingerprint density at radius 3 is 2.07 bits per heavy atom. The number of hydrogen-bond donors (Lipinski definition) is 1. The van der Waals surface area contributed by atoms with Gasteiger partial charge < -0.3 is 14.6 Å². The standard InChI is InChI=1S/C10H13BrO3/c1-8(2)13-4-5(14-8)7-9(3-12)6(4)10(7,9)11/h4-7,12H,3H2,1-2H3. The van der Waals surface area contributed by atoms with Crippen LogP contribution in [0.25, 0.3) is 0 Å². The average Bonchev–Trinajstić information content (AvgIpc) is 2.56. The van der Waals surface area contributed by atoms with Crippen LogP contribution in [0, 0.1) is 17.3 Å². The van der Waals surface area contributed by atoms with E-state index in [2.05, 4.69) is 15.9 Å². The van der Waals surface area contributed by atoms with Crippen LogP contribution in [-0.2, 0) is 9.47 Å². The summed E-state index contributed by atoms with van der Waals surface area (Å²) in [4.78, 5) is 0. The highest BCUT2D eigenvalue weighted by Crippen LogP contribution is 2.98. The lowest BCUT2D eigenvalue weighted by molar-refractivity contribution is -0.161. The Hall–Kier alpha value is 0.360. The third kappa shape index (κ3) is 0.540. The second-order valence-corrected chi connectivity index (χ2v) is 6.80. The molecule has 4 aliphatic carbocycles. The lowest BCUT2D eigenvalue weighted by atomic mass is 10.1. The van der Waals surface area contributed by atoms with Crippen LogP contribution in [0.3, 0.4) is 0 Å². The molecular weight excluding hydrogens is 248 g/mol. The van der Waals surface area contributed by atoms with Crippen LogP contribution in [0.1, 0.15) is 13.8 Å². The highest BCUT2D eigenvalue weighted by molar-refractivity contribution is 9.10. The highest BCUT2D eigenvalue weighted by Gasteiger charge is 3.05. The van der Waals surface area contributed by atoms with Crippen molar-refractivity contribution in [1.82, 2.24) is 0 Å². The summed E-state index contributed by atoms with van der Waals surface area (Å²) in [6.45, 7) is 4.20. The van der Waals surface area contributed by atoms with Gasteiger partial charge in [-0.3, -0.25) is 0 Å². The van der Waals surface area contributed by atoms with Gasteiger partial charge in [-0.2, -0.15) is 0 Å². The summed E-state index contributed by atoms with van der Waals surface area (Å²) in [5.41, 5.74) is 0.110. The fourth-order valence-corrected chi connectivity index (χ4v) is 5.88. The number of aliphatic hydroxyl groups is 1. The second-order valence-electron chi connectivity index (χ2n) is 5.49. The Kier molecular flexibility index (Phi) is 1.11. The minimum Gasteiger partial charge on any atom is -0.396 e. The molecule has 0 spiro atoms. The number of alkyl halides is 1. The van der Waals surface area contributed by atoms with Gasteiger partial charge in [0.15, 0.2) is 5.79 Å². The maximum atomic E-state index is 9.40. The van der Waals surface area contributed by atoms with Crippen LogP contribution in [0.2, 0.25) is 0 Å². The number of aliphatic hydroxyl groups excluding tert-OH is 1. The van der Waals surface area contributed by atoms with E-state index in [1.165, 1.54) is 0 Å². The first kappa shape index (κ1) is 8.50. The molecule has 4 heteroatoms. The molecule has 0 aromatic heterocycles. The van der Waals surface area contributed by atoms with Crippen molar-refractivity contribution in [3.8, 4) is 0 Å². The van der Waals surface area contributed by atoms with Gasteiger partial charge >= 0.3 is 0 Å². The zero-order valence-corrected chi connectivity index (χ0v) is 9.74. The molecule has 0 radical (unpaired) electrons. The molecule has 0 aromatic carbocycles. The molecule has 1 heterocycles. The van der Waals surface area contributed by atoms with E-state index in [-0.39, 0.29) is 28.6 Å². The Labute approximate surface area is 90.9 Å². The average molecular weight is 261 g/mol. The van der Waals surface area contributed by atoms with Crippen molar-refractivity contribution in [2.75, 3.05) is 6.61 Å². The van der Waals surface area contributed by atoms with Crippen molar-refractivity contribution in [2.24, 2.45) is 17.3 Å². The zero-order chi connectivity index (χ0) is 9.93.